The monoisotopic (exact) mass is 277 g/mol. The standard InChI is InChI=1S/C15H23N3S/c1-11(2)12(16)10-17-9-5-8-15-18-13-6-3-4-7-14(13)19-15/h3-4,6-7,11-12,17H,5,8-10,16H2,1-2H3. The zero-order chi connectivity index (χ0) is 13.7. The molecule has 1 atom stereocenters. The average Bonchev–Trinajstić information content (AvgIpc) is 2.80. The number of para-hydroxylation sites is 1. The molecule has 0 fully saturated rings. The number of hydrogen-bond acceptors (Lipinski definition) is 4. The van der Waals surface area contributed by atoms with Crippen molar-refractivity contribution >= 4 is 21.6 Å². The fourth-order valence-electron chi connectivity index (χ4n) is 1.90. The molecule has 104 valence electrons. The van der Waals surface area contributed by atoms with Crippen LogP contribution in [0.2, 0.25) is 0 Å². The number of fused-ring (bicyclic) bond motifs is 1. The molecule has 0 aliphatic carbocycles. The third kappa shape index (κ3) is 4.27. The van der Waals surface area contributed by atoms with E-state index in [1.54, 1.807) is 11.3 Å². The number of nitrogens with two attached hydrogens (primary N) is 1. The molecule has 2 rings (SSSR count). The molecule has 0 amide bonds. The first-order chi connectivity index (χ1) is 9.16. The van der Waals surface area contributed by atoms with E-state index in [0.717, 1.165) is 31.4 Å². The Balaban J connectivity index is 1.71. The molecular weight excluding hydrogens is 254 g/mol. The minimum Gasteiger partial charge on any atom is -0.326 e. The van der Waals surface area contributed by atoms with Crippen LogP contribution in [0.1, 0.15) is 25.3 Å². The molecule has 1 aromatic heterocycles. The van der Waals surface area contributed by atoms with Crippen molar-refractivity contribution in [3.05, 3.63) is 29.3 Å². The number of nitrogens with zero attached hydrogens (tertiary/aromatic N) is 1. The summed E-state index contributed by atoms with van der Waals surface area (Å²) in [7, 11) is 0. The minimum absolute atomic E-state index is 0.252. The highest BCUT2D eigenvalue weighted by Gasteiger charge is 2.06. The zero-order valence-corrected chi connectivity index (χ0v) is 12.5. The van der Waals surface area contributed by atoms with Crippen LogP contribution in [0.15, 0.2) is 24.3 Å². The van der Waals surface area contributed by atoms with Crippen molar-refractivity contribution in [1.29, 1.82) is 0 Å². The molecule has 0 aliphatic rings. The summed E-state index contributed by atoms with van der Waals surface area (Å²) in [5.74, 6) is 0.539. The van der Waals surface area contributed by atoms with Gasteiger partial charge in [-0.2, -0.15) is 0 Å². The highest BCUT2D eigenvalue weighted by molar-refractivity contribution is 7.18. The summed E-state index contributed by atoms with van der Waals surface area (Å²) in [5.41, 5.74) is 7.11. The Kier molecular flexibility index (Phi) is 5.31. The lowest BCUT2D eigenvalue weighted by molar-refractivity contribution is 0.456. The third-order valence-corrected chi connectivity index (χ3v) is 4.41. The van der Waals surface area contributed by atoms with E-state index in [1.807, 2.05) is 6.07 Å². The van der Waals surface area contributed by atoms with Crippen LogP contribution < -0.4 is 11.1 Å². The molecule has 1 aromatic carbocycles. The van der Waals surface area contributed by atoms with Gasteiger partial charge in [-0.3, -0.25) is 0 Å². The van der Waals surface area contributed by atoms with Crippen LogP contribution in [0.3, 0.4) is 0 Å². The number of aryl methyl sites for hydroxylation is 1. The minimum atomic E-state index is 0.252. The lowest BCUT2D eigenvalue weighted by Gasteiger charge is -2.15. The molecule has 0 aliphatic heterocycles. The number of nitrogens with one attached hydrogen (secondary N) is 1. The molecule has 4 heteroatoms. The van der Waals surface area contributed by atoms with Crippen LogP contribution in [-0.4, -0.2) is 24.1 Å². The molecule has 0 bridgehead atoms. The maximum Gasteiger partial charge on any atom is 0.0939 e. The van der Waals surface area contributed by atoms with Crippen molar-refractivity contribution in [2.24, 2.45) is 11.7 Å². The van der Waals surface area contributed by atoms with Crippen molar-refractivity contribution < 1.29 is 0 Å². The maximum absolute atomic E-state index is 5.99. The van der Waals surface area contributed by atoms with Crippen molar-refractivity contribution in [1.82, 2.24) is 10.3 Å². The van der Waals surface area contributed by atoms with Crippen LogP contribution >= 0.6 is 11.3 Å². The maximum atomic E-state index is 5.99. The number of benzene rings is 1. The van der Waals surface area contributed by atoms with Gasteiger partial charge in [0.1, 0.15) is 0 Å². The Hall–Kier alpha value is -0.970. The summed E-state index contributed by atoms with van der Waals surface area (Å²) in [6, 6.07) is 8.58. The van der Waals surface area contributed by atoms with Gasteiger partial charge in [0.25, 0.3) is 0 Å². The average molecular weight is 277 g/mol. The van der Waals surface area contributed by atoms with Crippen LogP contribution in [0.4, 0.5) is 0 Å². The first kappa shape index (κ1) is 14.4. The van der Waals surface area contributed by atoms with Gasteiger partial charge in [0, 0.05) is 19.0 Å². The largest absolute Gasteiger partial charge is 0.326 e. The van der Waals surface area contributed by atoms with Crippen molar-refractivity contribution in [2.75, 3.05) is 13.1 Å². The second kappa shape index (κ2) is 6.98. The predicted molar refractivity (Wildman–Crippen MR) is 83.6 cm³/mol. The molecular formula is C15H23N3S. The fourth-order valence-corrected chi connectivity index (χ4v) is 2.91. The lowest BCUT2D eigenvalue weighted by Crippen LogP contribution is -2.38. The summed E-state index contributed by atoms with van der Waals surface area (Å²) in [6.45, 7) is 6.23. The number of rotatable bonds is 7. The predicted octanol–water partition coefficient (Wildman–Crippen LogP) is 2.80. The van der Waals surface area contributed by atoms with E-state index in [1.165, 1.54) is 9.71 Å². The molecule has 0 radical (unpaired) electrons. The lowest BCUT2D eigenvalue weighted by atomic mass is 10.1. The Morgan fingerprint density at radius 2 is 2.11 bits per heavy atom. The summed E-state index contributed by atoms with van der Waals surface area (Å²) >= 11 is 1.80. The van der Waals surface area contributed by atoms with E-state index in [2.05, 4.69) is 42.3 Å². The summed E-state index contributed by atoms with van der Waals surface area (Å²) in [4.78, 5) is 4.64. The van der Waals surface area contributed by atoms with Gasteiger partial charge >= 0.3 is 0 Å². The van der Waals surface area contributed by atoms with Gasteiger partial charge in [0.15, 0.2) is 0 Å². The zero-order valence-electron chi connectivity index (χ0n) is 11.7. The van der Waals surface area contributed by atoms with E-state index in [9.17, 15) is 0 Å². The van der Waals surface area contributed by atoms with Gasteiger partial charge in [-0.15, -0.1) is 11.3 Å². The summed E-state index contributed by atoms with van der Waals surface area (Å²) < 4.78 is 1.28. The second-order valence-corrected chi connectivity index (χ2v) is 6.41. The molecule has 1 heterocycles. The summed E-state index contributed by atoms with van der Waals surface area (Å²) in [6.07, 6.45) is 2.16. The molecule has 3 nitrogen and oxygen atoms in total. The number of hydrogen-bond donors (Lipinski definition) is 2. The molecule has 19 heavy (non-hydrogen) atoms. The number of aromatic nitrogens is 1. The van der Waals surface area contributed by atoms with Gasteiger partial charge in [-0.25, -0.2) is 4.98 Å². The van der Waals surface area contributed by atoms with Gasteiger partial charge in [-0.1, -0.05) is 26.0 Å². The molecule has 1 unspecified atom stereocenters. The SMILES string of the molecule is CC(C)C(N)CNCCCc1nc2ccccc2s1. The smallest absolute Gasteiger partial charge is 0.0939 e. The Morgan fingerprint density at radius 1 is 1.32 bits per heavy atom. The summed E-state index contributed by atoms with van der Waals surface area (Å²) in [5, 5.41) is 4.65. The highest BCUT2D eigenvalue weighted by atomic mass is 32.1. The van der Waals surface area contributed by atoms with Gasteiger partial charge in [0.05, 0.1) is 15.2 Å². The van der Waals surface area contributed by atoms with E-state index in [0.29, 0.717) is 5.92 Å². The normalized spacial score (nSPS) is 13.3. The molecule has 0 saturated heterocycles. The van der Waals surface area contributed by atoms with Gasteiger partial charge in [-0.05, 0) is 31.0 Å². The van der Waals surface area contributed by atoms with Crippen LogP contribution in [-0.2, 0) is 6.42 Å². The van der Waals surface area contributed by atoms with Crippen LogP contribution in [0.5, 0.6) is 0 Å². The van der Waals surface area contributed by atoms with Crippen molar-refractivity contribution in [2.45, 2.75) is 32.7 Å². The van der Waals surface area contributed by atoms with E-state index >= 15 is 0 Å². The van der Waals surface area contributed by atoms with E-state index in [4.69, 9.17) is 5.73 Å². The van der Waals surface area contributed by atoms with Crippen LogP contribution in [0.25, 0.3) is 10.2 Å². The second-order valence-electron chi connectivity index (χ2n) is 5.29. The Bertz CT molecular complexity index is 474. The first-order valence-corrected chi connectivity index (χ1v) is 7.79. The molecule has 2 aromatic rings. The van der Waals surface area contributed by atoms with E-state index < -0.39 is 0 Å². The van der Waals surface area contributed by atoms with Crippen molar-refractivity contribution in [3.8, 4) is 0 Å². The fraction of sp³-hybridized carbons (Fsp3) is 0.533. The topological polar surface area (TPSA) is 50.9 Å². The Labute approximate surface area is 119 Å². The Morgan fingerprint density at radius 3 is 2.84 bits per heavy atom. The quantitative estimate of drug-likeness (QED) is 0.765. The first-order valence-electron chi connectivity index (χ1n) is 6.97. The van der Waals surface area contributed by atoms with Crippen molar-refractivity contribution in [3.63, 3.8) is 0 Å². The van der Waals surface area contributed by atoms with Crippen LogP contribution in [0, 0.1) is 5.92 Å². The highest BCUT2D eigenvalue weighted by Crippen LogP contribution is 2.22. The van der Waals surface area contributed by atoms with Gasteiger partial charge < -0.3 is 11.1 Å². The van der Waals surface area contributed by atoms with Gasteiger partial charge in [0.2, 0.25) is 0 Å². The number of thiazole rings is 1. The molecule has 0 saturated carbocycles. The van der Waals surface area contributed by atoms with E-state index in [-0.39, 0.29) is 6.04 Å². The molecule has 0 spiro atoms. The third-order valence-electron chi connectivity index (χ3n) is 3.32. The molecule has 3 N–H and O–H groups in total.